The van der Waals surface area contributed by atoms with Gasteiger partial charge in [-0.2, -0.15) is 0 Å². The van der Waals surface area contributed by atoms with Crippen LogP contribution >= 0.6 is 15.9 Å². The zero-order valence-electron chi connectivity index (χ0n) is 10.7. The number of phenols is 1. The van der Waals surface area contributed by atoms with E-state index in [2.05, 4.69) is 22.9 Å². The maximum atomic E-state index is 12.4. The number of carbonyl (C=O) groups is 1. The van der Waals surface area contributed by atoms with E-state index in [4.69, 9.17) is 0 Å². The monoisotopic (exact) mass is 311 g/mol. The zero-order chi connectivity index (χ0) is 13.3. The Labute approximate surface area is 116 Å². The normalized spacial score (nSPS) is 24.1. The van der Waals surface area contributed by atoms with E-state index in [1.165, 1.54) is 0 Å². The molecule has 1 saturated heterocycles. The minimum absolute atomic E-state index is 0.0672. The second kappa shape index (κ2) is 5.31. The Hall–Kier alpha value is -1.03. The molecule has 1 heterocycles. The van der Waals surface area contributed by atoms with Gasteiger partial charge in [0, 0.05) is 17.9 Å². The van der Waals surface area contributed by atoms with Gasteiger partial charge in [-0.1, -0.05) is 34.5 Å². The number of rotatable bonds is 1. The lowest BCUT2D eigenvalue weighted by atomic mass is 9.99. The van der Waals surface area contributed by atoms with Crippen LogP contribution in [-0.2, 0) is 0 Å². The summed E-state index contributed by atoms with van der Waals surface area (Å²) in [7, 11) is 0. The topological polar surface area (TPSA) is 40.5 Å². The number of phenolic OH excluding ortho intramolecular Hbond substituents is 1. The van der Waals surface area contributed by atoms with Crippen molar-refractivity contribution in [2.75, 3.05) is 13.1 Å². The largest absolute Gasteiger partial charge is 0.507 e. The van der Waals surface area contributed by atoms with Gasteiger partial charge < -0.3 is 10.0 Å². The van der Waals surface area contributed by atoms with Gasteiger partial charge in [0.1, 0.15) is 5.75 Å². The van der Waals surface area contributed by atoms with Gasteiger partial charge in [-0.05, 0) is 31.4 Å². The molecular weight excluding hydrogens is 294 g/mol. The minimum atomic E-state index is -0.0672. The quantitative estimate of drug-likeness (QED) is 0.810. The van der Waals surface area contributed by atoms with Crippen molar-refractivity contribution in [1.29, 1.82) is 0 Å². The fourth-order valence-corrected chi connectivity index (χ4v) is 2.66. The number of aromatic hydroxyl groups is 1. The number of alkyl halides is 1. The Morgan fingerprint density at radius 2 is 2.22 bits per heavy atom. The molecule has 3 nitrogen and oxygen atoms in total. The highest BCUT2D eigenvalue weighted by atomic mass is 79.9. The molecule has 18 heavy (non-hydrogen) atoms. The Balaban J connectivity index is 2.19. The van der Waals surface area contributed by atoms with Crippen molar-refractivity contribution in [3.05, 3.63) is 29.3 Å². The number of likely N-dealkylation sites (tertiary alicyclic amines) is 1. The second-order valence-corrected chi connectivity index (χ2v) is 6.23. The van der Waals surface area contributed by atoms with E-state index in [9.17, 15) is 9.90 Å². The summed E-state index contributed by atoms with van der Waals surface area (Å²) in [5.41, 5.74) is 1.40. The molecular formula is C14H18BrNO2. The summed E-state index contributed by atoms with van der Waals surface area (Å²) < 4.78 is 0. The predicted octanol–water partition coefficient (Wildman–Crippen LogP) is 2.95. The first-order valence-electron chi connectivity index (χ1n) is 6.22. The number of benzene rings is 1. The van der Waals surface area contributed by atoms with Crippen LogP contribution in [0.25, 0.3) is 0 Å². The first-order valence-corrected chi connectivity index (χ1v) is 7.13. The van der Waals surface area contributed by atoms with Crippen molar-refractivity contribution in [2.24, 2.45) is 5.92 Å². The van der Waals surface area contributed by atoms with Gasteiger partial charge in [-0.25, -0.2) is 0 Å². The summed E-state index contributed by atoms with van der Waals surface area (Å²) in [6, 6.07) is 5.14. The van der Waals surface area contributed by atoms with Gasteiger partial charge in [0.2, 0.25) is 0 Å². The first-order chi connectivity index (χ1) is 8.49. The molecule has 1 aliphatic rings. The molecule has 0 aromatic heterocycles. The Morgan fingerprint density at radius 3 is 2.89 bits per heavy atom. The molecule has 1 fully saturated rings. The van der Waals surface area contributed by atoms with Crippen molar-refractivity contribution >= 4 is 21.8 Å². The van der Waals surface area contributed by atoms with Crippen molar-refractivity contribution < 1.29 is 9.90 Å². The van der Waals surface area contributed by atoms with Gasteiger partial charge in [0.15, 0.2) is 0 Å². The molecule has 1 aliphatic heterocycles. The van der Waals surface area contributed by atoms with E-state index in [1.54, 1.807) is 18.2 Å². The highest BCUT2D eigenvalue weighted by molar-refractivity contribution is 9.09. The minimum Gasteiger partial charge on any atom is -0.507 e. The van der Waals surface area contributed by atoms with E-state index in [-0.39, 0.29) is 11.7 Å². The van der Waals surface area contributed by atoms with Crippen molar-refractivity contribution in [1.82, 2.24) is 4.90 Å². The third-order valence-electron chi connectivity index (χ3n) is 3.47. The van der Waals surface area contributed by atoms with E-state index in [0.717, 1.165) is 25.1 Å². The van der Waals surface area contributed by atoms with Crippen LogP contribution in [0.2, 0.25) is 0 Å². The number of hydrogen-bond donors (Lipinski definition) is 1. The third kappa shape index (κ3) is 2.69. The van der Waals surface area contributed by atoms with Crippen LogP contribution in [0.5, 0.6) is 5.75 Å². The number of piperidine rings is 1. The standard InChI is InChI=1S/C14H18BrNO2/c1-9-3-4-13(17)11(7-9)14(18)16-6-5-12(15)10(2)8-16/h3-4,7,10,12,17H,5-6,8H2,1-2H3. The van der Waals surface area contributed by atoms with Gasteiger partial charge in [0.05, 0.1) is 5.56 Å². The molecule has 2 rings (SSSR count). The van der Waals surface area contributed by atoms with Crippen LogP contribution in [0.15, 0.2) is 18.2 Å². The summed E-state index contributed by atoms with van der Waals surface area (Å²) in [6.07, 6.45) is 0.958. The fourth-order valence-electron chi connectivity index (χ4n) is 2.29. The molecule has 2 atom stereocenters. The van der Waals surface area contributed by atoms with Crippen molar-refractivity contribution in [2.45, 2.75) is 25.1 Å². The summed E-state index contributed by atoms with van der Waals surface area (Å²) in [5.74, 6) is 0.441. The third-order valence-corrected chi connectivity index (χ3v) is 4.83. The lowest BCUT2D eigenvalue weighted by molar-refractivity contribution is 0.0687. The van der Waals surface area contributed by atoms with Crippen LogP contribution in [0.4, 0.5) is 0 Å². The van der Waals surface area contributed by atoms with Crippen molar-refractivity contribution in [3.63, 3.8) is 0 Å². The highest BCUT2D eigenvalue weighted by Crippen LogP contribution is 2.26. The first kappa shape index (κ1) is 13.4. The Morgan fingerprint density at radius 1 is 1.50 bits per heavy atom. The van der Waals surface area contributed by atoms with Crippen LogP contribution in [0.1, 0.15) is 29.3 Å². The molecule has 0 bridgehead atoms. The molecule has 1 aromatic carbocycles. The Kier molecular flexibility index (Phi) is 3.95. The number of hydrogen-bond acceptors (Lipinski definition) is 2. The van der Waals surface area contributed by atoms with Crippen LogP contribution in [0, 0.1) is 12.8 Å². The summed E-state index contributed by atoms with van der Waals surface area (Å²) in [6.45, 7) is 5.53. The maximum Gasteiger partial charge on any atom is 0.257 e. The number of carbonyl (C=O) groups excluding carboxylic acids is 1. The summed E-state index contributed by atoms with van der Waals surface area (Å²) in [5, 5.41) is 9.80. The summed E-state index contributed by atoms with van der Waals surface area (Å²) >= 11 is 3.63. The van der Waals surface area contributed by atoms with Crippen molar-refractivity contribution in [3.8, 4) is 5.75 Å². The Bertz CT molecular complexity index is 461. The number of amides is 1. The molecule has 1 aromatic rings. The van der Waals surface area contributed by atoms with Gasteiger partial charge >= 0.3 is 0 Å². The molecule has 1 amide bonds. The summed E-state index contributed by atoms with van der Waals surface area (Å²) in [4.78, 5) is 14.7. The molecule has 2 unspecified atom stereocenters. The van der Waals surface area contributed by atoms with E-state index in [1.807, 2.05) is 11.8 Å². The van der Waals surface area contributed by atoms with Gasteiger partial charge in [-0.15, -0.1) is 0 Å². The molecule has 0 aliphatic carbocycles. The molecule has 4 heteroatoms. The van der Waals surface area contributed by atoms with Gasteiger partial charge in [0.25, 0.3) is 5.91 Å². The van der Waals surface area contributed by atoms with E-state index in [0.29, 0.717) is 16.3 Å². The lowest BCUT2D eigenvalue weighted by Crippen LogP contribution is -2.43. The SMILES string of the molecule is Cc1ccc(O)c(C(=O)N2CCC(Br)C(C)C2)c1. The fraction of sp³-hybridized carbons (Fsp3) is 0.500. The highest BCUT2D eigenvalue weighted by Gasteiger charge is 2.28. The molecule has 0 radical (unpaired) electrons. The second-order valence-electron chi connectivity index (χ2n) is 5.05. The molecule has 1 N–H and O–H groups in total. The maximum absolute atomic E-state index is 12.4. The molecule has 98 valence electrons. The number of aryl methyl sites for hydroxylation is 1. The van der Waals surface area contributed by atoms with Crippen LogP contribution in [0.3, 0.4) is 0 Å². The zero-order valence-corrected chi connectivity index (χ0v) is 12.3. The molecule has 0 spiro atoms. The smallest absolute Gasteiger partial charge is 0.257 e. The number of nitrogens with zero attached hydrogens (tertiary/aromatic N) is 1. The van der Waals surface area contributed by atoms with Gasteiger partial charge in [-0.3, -0.25) is 4.79 Å². The number of halogens is 1. The lowest BCUT2D eigenvalue weighted by Gasteiger charge is -2.34. The average Bonchev–Trinajstić information content (AvgIpc) is 2.35. The van der Waals surface area contributed by atoms with E-state index < -0.39 is 0 Å². The average molecular weight is 312 g/mol. The van der Waals surface area contributed by atoms with Crippen LogP contribution in [-0.4, -0.2) is 33.8 Å². The van der Waals surface area contributed by atoms with E-state index >= 15 is 0 Å². The molecule has 0 saturated carbocycles. The predicted molar refractivity (Wildman–Crippen MR) is 75.2 cm³/mol. The van der Waals surface area contributed by atoms with Crippen LogP contribution < -0.4 is 0 Å².